The Labute approximate surface area is 97.2 Å². The van der Waals surface area contributed by atoms with Crippen LogP contribution in [0.3, 0.4) is 0 Å². The van der Waals surface area contributed by atoms with Gasteiger partial charge in [0.25, 0.3) is 0 Å². The summed E-state index contributed by atoms with van der Waals surface area (Å²) in [5.74, 6) is 0.0498. The first-order chi connectivity index (χ1) is 7.66. The summed E-state index contributed by atoms with van der Waals surface area (Å²) in [5, 5.41) is 11.5. The zero-order valence-electron chi connectivity index (χ0n) is 8.71. The molecular weight excluding hydrogens is 222 g/mol. The second-order valence-electron chi connectivity index (χ2n) is 3.24. The van der Waals surface area contributed by atoms with Crippen LogP contribution >= 0.6 is 11.8 Å². The van der Waals surface area contributed by atoms with Crippen LogP contribution in [0.2, 0.25) is 0 Å². The first-order valence-electron chi connectivity index (χ1n) is 4.61. The highest BCUT2D eigenvalue weighted by molar-refractivity contribution is 7.99. The number of nitrogens with two attached hydrogens (primary N) is 1. The van der Waals surface area contributed by atoms with Crippen molar-refractivity contribution in [3.05, 3.63) is 36.4 Å². The van der Waals surface area contributed by atoms with E-state index in [1.54, 1.807) is 29.3 Å². The molecule has 0 fully saturated rings. The average molecular weight is 233 g/mol. The van der Waals surface area contributed by atoms with Crippen LogP contribution in [0.15, 0.2) is 40.6 Å². The number of rotatable bonds is 3. The normalized spacial score (nSPS) is 10.3. The Morgan fingerprint density at radius 3 is 2.94 bits per heavy atom. The fraction of sp³-hybridized carbons (Fsp3) is 0.100. The van der Waals surface area contributed by atoms with Crippen molar-refractivity contribution in [2.24, 2.45) is 12.8 Å². The lowest BCUT2D eigenvalue weighted by Gasteiger charge is -2.04. The molecule has 0 aliphatic rings. The number of hydrogen-bond acceptors (Lipinski definition) is 4. The molecule has 0 amide bonds. The van der Waals surface area contributed by atoms with Crippen molar-refractivity contribution in [3.63, 3.8) is 0 Å². The second kappa shape index (κ2) is 4.36. The van der Waals surface area contributed by atoms with E-state index >= 15 is 0 Å². The summed E-state index contributed by atoms with van der Waals surface area (Å²) in [6.07, 6.45) is 7.00. The van der Waals surface area contributed by atoms with Crippen molar-refractivity contribution in [1.82, 2.24) is 14.8 Å². The van der Waals surface area contributed by atoms with Crippen LogP contribution in [0.1, 0.15) is 5.56 Å². The third-order valence-corrected chi connectivity index (χ3v) is 2.98. The third-order valence-electron chi connectivity index (χ3n) is 1.98. The lowest BCUT2D eigenvalue weighted by Crippen LogP contribution is -2.12. The van der Waals surface area contributed by atoms with Gasteiger partial charge in [-0.05, 0) is 6.07 Å². The van der Waals surface area contributed by atoms with Crippen LogP contribution in [0.25, 0.3) is 0 Å². The van der Waals surface area contributed by atoms with Gasteiger partial charge in [-0.2, -0.15) is 5.10 Å². The Morgan fingerprint density at radius 1 is 1.50 bits per heavy atom. The summed E-state index contributed by atoms with van der Waals surface area (Å²) < 4.78 is 1.73. The lowest BCUT2D eigenvalue weighted by atomic mass is 10.2. The van der Waals surface area contributed by atoms with Crippen molar-refractivity contribution in [2.45, 2.75) is 9.79 Å². The fourth-order valence-electron chi connectivity index (χ4n) is 1.26. The van der Waals surface area contributed by atoms with Crippen LogP contribution in [-0.2, 0) is 7.05 Å². The minimum Gasteiger partial charge on any atom is -0.384 e. The molecule has 0 bridgehead atoms. The van der Waals surface area contributed by atoms with E-state index < -0.39 is 0 Å². The van der Waals surface area contributed by atoms with Gasteiger partial charge in [0.1, 0.15) is 5.84 Å². The number of nitrogens with zero attached hydrogens (tertiary/aromatic N) is 3. The highest BCUT2D eigenvalue weighted by Gasteiger charge is 2.07. The topological polar surface area (TPSA) is 80.6 Å². The van der Waals surface area contributed by atoms with E-state index in [-0.39, 0.29) is 5.84 Å². The van der Waals surface area contributed by atoms with E-state index in [2.05, 4.69) is 10.1 Å². The highest BCUT2D eigenvalue weighted by atomic mass is 32.2. The largest absolute Gasteiger partial charge is 0.384 e. The van der Waals surface area contributed by atoms with Crippen molar-refractivity contribution < 1.29 is 0 Å². The molecule has 0 aliphatic carbocycles. The zero-order chi connectivity index (χ0) is 11.5. The molecule has 2 heterocycles. The van der Waals surface area contributed by atoms with Crippen LogP contribution < -0.4 is 5.73 Å². The minimum absolute atomic E-state index is 0.0498. The summed E-state index contributed by atoms with van der Waals surface area (Å²) in [6.45, 7) is 0. The molecule has 0 atom stereocenters. The molecule has 2 rings (SSSR count). The number of aryl methyl sites for hydroxylation is 1. The van der Waals surface area contributed by atoms with Gasteiger partial charge in [0.2, 0.25) is 0 Å². The van der Waals surface area contributed by atoms with Crippen LogP contribution in [0, 0.1) is 5.41 Å². The molecule has 0 saturated heterocycles. The van der Waals surface area contributed by atoms with Gasteiger partial charge in [-0.15, -0.1) is 0 Å². The second-order valence-corrected chi connectivity index (χ2v) is 4.35. The molecular formula is C10H11N5S. The van der Waals surface area contributed by atoms with E-state index in [0.717, 1.165) is 9.79 Å². The van der Waals surface area contributed by atoms with Crippen LogP contribution in [0.5, 0.6) is 0 Å². The van der Waals surface area contributed by atoms with Gasteiger partial charge in [-0.25, -0.2) is 0 Å². The van der Waals surface area contributed by atoms with Crippen molar-refractivity contribution in [3.8, 4) is 0 Å². The summed E-state index contributed by atoms with van der Waals surface area (Å²) >= 11 is 1.50. The van der Waals surface area contributed by atoms with Crippen molar-refractivity contribution in [2.75, 3.05) is 0 Å². The summed E-state index contributed by atoms with van der Waals surface area (Å²) in [7, 11) is 1.86. The molecule has 6 heteroatoms. The third kappa shape index (κ3) is 2.22. The number of pyridine rings is 1. The van der Waals surface area contributed by atoms with Gasteiger partial charge in [-0.3, -0.25) is 15.1 Å². The number of nitrogen functional groups attached to an aromatic ring is 1. The highest BCUT2D eigenvalue weighted by Crippen LogP contribution is 2.28. The first kappa shape index (κ1) is 10.7. The SMILES string of the molecule is Cn1cc(Sc2cnccc2C(=N)N)cn1. The van der Waals surface area contributed by atoms with Gasteiger partial charge in [0.05, 0.1) is 11.1 Å². The Balaban J connectivity index is 2.31. The van der Waals surface area contributed by atoms with Gasteiger partial charge in [0, 0.05) is 36.1 Å². The van der Waals surface area contributed by atoms with Gasteiger partial charge < -0.3 is 5.73 Å². The number of aromatic nitrogens is 3. The molecule has 0 radical (unpaired) electrons. The molecule has 5 nitrogen and oxygen atoms in total. The van der Waals surface area contributed by atoms with Gasteiger partial charge >= 0.3 is 0 Å². The van der Waals surface area contributed by atoms with E-state index in [1.807, 2.05) is 13.2 Å². The molecule has 2 aromatic heterocycles. The molecule has 82 valence electrons. The van der Waals surface area contributed by atoms with Gasteiger partial charge in [0.15, 0.2) is 0 Å². The molecule has 0 spiro atoms. The molecule has 0 aromatic carbocycles. The Morgan fingerprint density at radius 2 is 2.31 bits per heavy atom. The Bertz CT molecular complexity index is 519. The van der Waals surface area contributed by atoms with E-state index in [9.17, 15) is 0 Å². The number of hydrogen-bond donors (Lipinski definition) is 2. The van der Waals surface area contributed by atoms with E-state index in [1.165, 1.54) is 11.8 Å². The lowest BCUT2D eigenvalue weighted by molar-refractivity contribution is 0.766. The first-order valence-corrected chi connectivity index (χ1v) is 5.43. The number of amidine groups is 1. The monoisotopic (exact) mass is 233 g/mol. The van der Waals surface area contributed by atoms with Crippen LogP contribution in [-0.4, -0.2) is 20.6 Å². The Kier molecular flexibility index (Phi) is 2.91. The van der Waals surface area contributed by atoms with Gasteiger partial charge in [-0.1, -0.05) is 11.8 Å². The summed E-state index contributed by atoms with van der Waals surface area (Å²) in [6, 6.07) is 1.74. The van der Waals surface area contributed by atoms with E-state index in [0.29, 0.717) is 5.56 Å². The summed E-state index contributed by atoms with van der Waals surface area (Å²) in [4.78, 5) is 5.89. The average Bonchev–Trinajstić information content (AvgIpc) is 2.64. The quantitative estimate of drug-likeness (QED) is 0.617. The summed E-state index contributed by atoms with van der Waals surface area (Å²) in [5.41, 5.74) is 6.19. The maximum Gasteiger partial charge on any atom is 0.124 e. The molecule has 0 aliphatic heterocycles. The number of nitrogens with one attached hydrogen (secondary N) is 1. The predicted octanol–water partition coefficient (Wildman–Crippen LogP) is 1.25. The Hall–Kier alpha value is -1.82. The molecule has 0 unspecified atom stereocenters. The fourth-order valence-corrected chi connectivity index (χ4v) is 2.22. The van der Waals surface area contributed by atoms with E-state index in [4.69, 9.17) is 11.1 Å². The van der Waals surface area contributed by atoms with Crippen LogP contribution in [0.4, 0.5) is 0 Å². The molecule has 2 aromatic rings. The van der Waals surface area contributed by atoms with Crippen molar-refractivity contribution >= 4 is 17.6 Å². The van der Waals surface area contributed by atoms with Crippen molar-refractivity contribution in [1.29, 1.82) is 5.41 Å². The molecule has 3 N–H and O–H groups in total. The molecule has 0 saturated carbocycles. The maximum absolute atomic E-state index is 7.46. The maximum atomic E-state index is 7.46. The minimum atomic E-state index is 0.0498. The smallest absolute Gasteiger partial charge is 0.124 e. The predicted molar refractivity (Wildman–Crippen MR) is 62.6 cm³/mol. The zero-order valence-corrected chi connectivity index (χ0v) is 9.53. The standard InChI is InChI=1S/C10H11N5S/c1-15-6-7(4-14-15)16-9-5-13-3-2-8(9)10(11)12/h2-6H,1H3,(H3,11,12). The molecule has 16 heavy (non-hydrogen) atoms.